The van der Waals surface area contributed by atoms with Gasteiger partial charge in [-0.05, 0) is 24.3 Å². The number of aromatic nitrogens is 3. The van der Waals surface area contributed by atoms with E-state index < -0.39 is 0 Å². The van der Waals surface area contributed by atoms with Gasteiger partial charge in [0.25, 0.3) is 0 Å². The summed E-state index contributed by atoms with van der Waals surface area (Å²) in [7, 11) is 3.49. The Hall–Kier alpha value is -2.21. The van der Waals surface area contributed by atoms with Crippen molar-refractivity contribution in [3.63, 3.8) is 0 Å². The molecule has 0 atom stereocenters. The molecule has 0 aliphatic heterocycles. The highest BCUT2D eigenvalue weighted by molar-refractivity contribution is 9.10. The Bertz CT molecular complexity index is 841. The molecule has 5 nitrogen and oxygen atoms in total. The van der Waals surface area contributed by atoms with Gasteiger partial charge in [0.15, 0.2) is 5.65 Å². The number of carbonyl (C=O) groups excluding carboxylic acids is 1. The van der Waals surface area contributed by atoms with Gasteiger partial charge in [-0.25, -0.2) is 9.97 Å². The molecule has 0 bridgehead atoms. The molecule has 0 aliphatic carbocycles. The fourth-order valence-electron chi connectivity index (χ4n) is 2.23. The Morgan fingerprint density at radius 3 is 2.82 bits per heavy atom. The summed E-state index contributed by atoms with van der Waals surface area (Å²) in [5.41, 5.74) is 2.44. The van der Waals surface area contributed by atoms with Gasteiger partial charge in [-0.3, -0.25) is 9.36 Å². The molecule has 0 saturated carbocycles. The monoisotopic (exact) mass is 358 g/mol. The number of carbonyl (C=O) groups is 1. The number of rotatable bonds is 3. The Kier molecular flexibility index (Phi) is 3.94. The van der Waals surface area contributed by atoms with Crippen molar-refractivity contribution in [1.29, 1.82) is 0 Å². The number of amides is 1. The molecule has 0 radical (unpaired) electrons. The number of nitrogens with zero attached hydrogens (tertiary/aromatic N) is 4. The number of fused-ring (bicyclic) bond motifs is 1. The molecule has 0 saturated heterocycles. The van der Waals surface area contributed by atoms with Crippen LogP contribution in [0.3, 0.4) is 0 Å². The van der Waals surface area contributed by atoms with Gasteiger partial charge in [-0.15, -0.1) is 0 Å². The molecule has 1 amide bonds. The van der Waals surface area contributed by atoms with E-state index in [0.717, 1.165) is 21.4 Å². The number of benzene rings is 1. The summed E-state index contributed by atoms with van der Waals surface area (Å²) in [6.45, 7) is 0.211. The zero-order valence-corrected chi connectivity index (χ0v) is 13.9. The summed E-state index contributed by atoms with van der Waals surface area (Å²) in [5.74, 6) is 0.742. The minimum absolute atomic E-state index is 0.00111. The van der Waals surface area contributed by atoms with E-state index in [4.69, 9.17) is 0 Å². The second-order valence-electron chi connectivity index (χ2n) is 5.17. The van der Waals surface area contributed by atoms with Crippen LogP contribution in [-0.2, 0) is 11.3 Å². The number of likely N-dealkylation sites (N-methyl/N-ethyl adjacent to an activating group) is 1. The predicted octanol–water partition coefficient (Wildman–Crippen LogP) is 2.95. The number of halogens is 1. The van der Waals surface area contributed by atoms with Crippen molar-refractivity contribution in [3.8, 4) is 11.4 Å². The van der Waals surface area contributed by atoms with Crippen LogP contribution >= 0.6 is 15.9 Å². The molecule has 2 aromatic heterocycles. The third-order valence-electron chi connectivity index (χ3n) is 3.38. The number of pyridine rings is 1. The quantitative estimate of drug-likeness (QED) is 0.723. The van der Waals surface area contributed by atoms with E-state index in [0.29, 0.717) is 5.65 Å². The van der Waals surface area contributed by atoms with Crippen LogP contribution in [0.25, 0.3) is 22.6 Å². The normalized spacial score (nSPS) is 10.9. The summed E-state index contributed by atoms with van der Waals surface area (Å²) >= 11 is 3.47. The average Bonchev–Trinajstić information content (AvgIpc) is 2.86. The highest BCUT2D eigenvalue weighted by atomic mass is 79.9. The van der Waals surface area contributed by atoms with Crippen molar-refractivity contribution in [1.82, 2.24) is 19.4 Å². The highest BCUT2D eigenvalue weighted by Gasteiger charge is 2.16. The Balaban J connectivity index is 2.18. The first-order valence-electron chi connectivity index (χ1n) is 6.83. The molecule has 0 unspecified atom stereocenters. The van der Waals surface area contributed by atoms with Gasteiger partial charge < -0.3 is 4.90 Å². The first kappa shape index (κ1) is 14.7. The van der Waals surface area contributed by atoms with Gasteiger partial charge >= 0.3 is 0 Å². The van der Waals surface area contributed by atoms with Crippen molar-refractivity contribution < 1.29 is 4.79 Å². The molecular formula is C16H15BrN4O. The topological polar surface area (TPSA) is 51.0 Å². The molecule has 0 fully saturated rings. The zero-order chi connectivity index (χ0) is 15.7. The van der Waals surface area contributed by atoms with Gasteiger partial charge in [0, 0.05) is 30.3 Å². The molecule has 0 N–H and O–H groups in total. The van der Waals surface area contributed by atoms with Crippen LogP contribution in [0.5, 0.6) is 0 Å². The van der Waals surface area contributed by atoms with Crippen molar-refractivity contribution >= 4 is 33.0 Å². The minimum Gasteiger partial charge on any atom is -0.347 e. The van der Waals surface area contributed by atoms with E-state index in [-0.39, 0.29) is 12.5 Å². The van der Waals surface area contributed by atoms with E-state index in [1.165, 1.54) is 0 Å². The summed E-state index contributed by atoms with van der Waals surface area (Å²) in [6, 6.07) is 11.6. The third kappa shape index (κ3) is 2.74. The summed E-state index contributed by atoms with van der Waals surface area (Å²) in [5, 5.41) is 0. The number of hydrogen-bond donors (Lipinski definition) is 0. The molecule has 3 aromatic rings. The third-order valence-corrected chi connectivity index (χ3v) is 3.87. The summed E-state index contributed by atoms with van der Waals surface area (Å²) < 4.78 is 2.83. The molecule has 6 heteroatoms. The maximum atomic E-state index is 12.1. The molecule has 2 heterocycles. The molecule has 0 spiro atoms. The van der Waals surface area contributed by atoms with Gasteiger partial charge in [0.05, 0.1) is 0 Å². The second kappa shape index (κ2) is 5.88. The fourth-order valence-corrected chi connectivity index (χ4v) is 2.63. The molecule has 22 heavy (non-hydrogen) atoms. The van der Waals surface area contributed by atoms with Crippen molar-refractivity contribution in [3.05, 3.63) is 47.1 Å². The maximum Gasteiger partial charge on any atom is 0.242 e. The van der Waals surface area contributed by atoms with Crippen molar-refractivity contribution in [2.24, 2.45) is 0 Å². The van der Waals surface area contributed by atoms with Crippen LogP contribution in [0.15, 0.2) is 47.1 Å². The lowest BCUT2D eigenvalue weighted by Gasteiger charge is -2.13. The largest absolute Gasteiger partial charge is 0.347 e. The van der Waals surface area contributed by atoms with E-state index in [9.17, 15) is 4.79 Å². The lowest BCUT2D eigenvalue weighted by Crippen LogP contribution is -2.26. The van der Waals surface area contributed by atoms with Crippen LogP contribution in [0.1, 0.15) is 0 Å². The van der Waals surface area contributed by atoms with E-state index in [1.54, 1.807) is 25.2 Å². The predicted molar refractivity (Wildman–Crippen MR) is 89.4 cm³/mol. The molecule has 1 aromatic carbocycles. The highest BCUT2D eigenvalue weighted by Crippen LogP contribution is 2.26. The zero-order valence-electron chi connectivity index (χ0n) is 12.3. The van der Waals surface area contributed by atoms with E-state index >= 15 is 0 Å². The van der Waals surface area contributed by atoms with Gasteiger partial charge in [-0.2, -0.15) is 0 Å². The average molecular weight is 359 g/mol. The number of imidazole rings is 1. The standard InChI is InChI=1S/C16H15BrN4O/c1-20(2)14(22)10-21-15(11-5-3-6-12(17)9-11)19-13-7-4-8-18-16(13)21/h3-9H,10H2,1-2H3. The van der Waals surface area contributed by atoms with Crippen LogP contribution in [-0.4, -0.2) is 39.4 Å². The Labute approximate surface area is 136 Å². The Morgan fingerprint density at radius 1 is 1.27 bits per heavy atom. The first-order chi connectivity index (χ1) is 10.6. The summed E-state index contributed by atoms with van der Waals surface area (Å²) in [6.07, 6.45) is 1.71. The summed E-state index contributed by atoms with van der Waals surface area (Å²) in [4.78, 5) is 22.7. The van der Waals surface area contributed by atoms with Crippen LogP contribution in [0.2, 0.25) is 0 Å². The maximum absolute atomic E-state index is 12.1. The van der Waals surface area contributed by atoms with Gasteiger partial charge in [0.2, 0.25) is 5.91 Å². The first-order valence-corrected chi connectivity index (χ1v) is 7.63. The smallest absolute Gasteiger partial charge is 0.242 e. The van der Waals surface area contributed by atoms with E-state index in [1.807, 2.05) is 41.0 Å². The van der Waals surface area contributed by atoms with Gasteiger partial charge in [-0.1, -0.05) is 28.1 Å². The van der Waals surface area contributed by atoms with Crippen molar-refractivity contribution in [2.75, 3.05) is 14.1 Å². The second-order valence-corrected chi connectivity index (χ2v) is 6.08. The lowest BCUT2D eigenvalue weighted by molar-refractivity contribution is -0.129. The Morgan fingerprint density at radius 2 is 2.09 bits per heavy atom. The van der Waals surface area contributed by atoms with Gasteiger partial charge in [0.1, 0.15) is 17.9 Å². The number of hydrogen-bond acceptors (Lipinski definition) is 3. The van der Waals surface area contributed by atoms with Crippen LogP contribution < -0.4 is 0 Å². The van der Waals surface area contributed by atoms with E-state index in [2.05, 4.69) is 25.9 Å². The molecule has 0 aliphatic rings. The lowest BCUT2D eigenvalue weighted by atomic mass is 10.2. The molecular weight excluding hydrogens is 344 g/mol. The van der Waals surface area contributed by atoms with Crippen LogP contribution in [0, 0.1) is 0 Å². The minimum atomic E-state index is 0.00111. The van der Waals surface area contributed by atoms with Crippen molar-refractivity contribution in [2.45, 2.75) is 6.54 Å². The molecule has 3 rings (SSSR count). The SMILES string of the molecule is CN(C)C(=O)Cn1c(-c2cccc(Br)c2)nc2cccnc21. The van der Waals surface area contributed by atoms with Crippen LogP contribution in [0.4, 0.5) is 0 Å². The fraction of sp³-hybridized carbons (Fsp3) is 0.188. The molecule has 112 valence electrons.